The standard InChI is InChI=1S/C26H40ClN3O2/c1-19-14-20(2)18-30(17-19)25(32)9-8-24(31)28-23-10-12-26(13-11-23,29(3)4)16-21-6-5-7-22(27)15-21/h5-7,15,19-20,23H,8-14,16-18H2,1-4H3,(H,28,31). The van der Waals surface area contributed by atoms with Crippen molar-refractivity contribution in [1.29, 1.82) is 0 Å². The van der Waals surface area contributed by atoms with E-state index in [1.165, 1.54) is 12.0 Å². The molecule has 1 aromatic rings. The van der Waals surface area contributed by atoms with E-state index in [2.05, 4.69) is 50.3 Å². The second-order valence-electron chi connectivity index (χ2n) is 10.5. The molecule has 6 heteroatoms. The Hall–Kier alpha value is -1.59. The van der Waals surface area contributed by atoms with Crippen LogP contribution in [-0.2, 0) is 16.0 Å². The Morgan fingerprint density at radius 1 is 1.12 bits per heavy atom. The Kier molecular flexibility index (Phi) is 8.62. The lowest BCUT2D eigenvalue weighted by Gasteiger charge is -2.45. The largest absolute Gasteiger partial charge is 0.353 e. The number of likely N-dealkylation sites (tertiary alicyclic amines) is 1. The molecular weight excluding hydrogens is 422 g/mol. The average molecular weight is 462 g/mol. The molecule has 2 amide bonds. The third kappa shape index (κ3) is 6.71. The molecule has 2 aliphatic rings. The highest BCUT2D eigenvalue weighted by Crippen LogP contribution is 2.36. The van der Waals surface area contributed by atoms with Gasteiger partial charge in [0.2, 0.25) is 11.8 Å². The van der Waals surface area contributed by atoms with Crippen molar-refractivity contribution < 1.29 is 9.59 Å². The van der Waals surface area contributed by atoms with Gasteiger partial charge in [0.25, 0.3) is 0 Å². The predicted octanol–water partition coefficient (Wildman–Crippen LogP) is 4.53. The fraction of sp³-hybridized carbons (Fsp3) is 0.692. The number of rotatable bonds is 7. The summed E-state index contributed by atoms with van der Waals surface area (Å²) in [4.78, 5) is 29.4. The van der Waals surface area contributed by atoms with E-state index in [9.17, 15) is 9.59 Å². The van der Waals surface area contributed by atoms with Gasteiger partial charge in [-0.15, -0.1) is 0 Å². The van der Waals surface area contributed by atoms with Gasteiger partial charge >= 0.3 is 0 Å². The molecular formula is C26H40ClN3O2. The van der Waals surface area contributed by atoms with Gasteiger partial charge in [-0.25, -0.2) is 0 Å². The summed E-state index contributed by atoms with van der Waals surface area (Å²) in [6, 6.07) is 8.32. The number of carbonyl (C=O) groups excluding carboxylic acids is 2. The summed E-state index contributed by atoms with van der Waals surface area (Å²) < 4.78 is 0. The summed E-state index contributed by atoms with van der Waals surface area (Å²) in [5.41, 5.74) is 1.34. The Morgan fingerprint density at radius 2 is 1.78 bits per heavy atom. The first-order valence-corrected chi connectivity index (χ1v) is 12.5. The van der Waals surface area contributed by atoms with Crippen molar-refractivity contribution in [2.75, 3.05) is 27.2 Å². The molecule has 0 radical (unpaired) electrons. The SMILES string of the molecule is CC1CC(C)CN(C(=O)CCC(=O)NC2CCC(Cc3cccc(Cl)c3)(N(C)C)CC2)C1. The van der Waals surface area contributed by atoms with Crippen LogP contribution in [0.1, 0.15) is 64.4 Å². The van der Waals surface area contributed by atoms with Crippen molar-refractivity contribution in [3.63, 3.8) is 0 Å². The van der Waals surface area contributed by atoms with Crippen LogP contribution in [0.2, 0.25) is 5.02 Å². The van der Waals surface area contributed by atoms with Gasteiger partial charge in [0.15, 0.2) is 0 Å². The maximum atomic E-state index is 12.6. The Balaban J connectivity index is 1.46. The molecule has 1 aliphatic carbocycles. The van der Waals surface area contributed by atoms with Crippen LogP contribution in [0.3, 0.4) is 0 Å². The third-order valence-electron chi connectivity index (χ3n) is 7.44. The lowest BCUT2D eigenvalue weighted by molar-refractivity contribution is -0.136. The van der Waals surface area contributed by atoms with Gasteiger partial charge in [-0.05, 0) is 82.2 Å². The molecule has 1 aromatic carbocycles. The molecule has 178 valence electrons. The van der Waals surface area contributed by atoms with Crippen LogP contribution in [0.15, 0.2) is 24.3 Å². The highest BCUT2D eigenvalue weighted by molar-refractivity contribution is 6.30. The van der Waals surface area contributed by atoms with E-state index in [1.807, 2.05) is 17.0 Å². The molecule has 32 heavy (non-hydrogen) atoms. The summed E-state index contributed by atoms with van der Waals surface area (Å²) in [6.07, 6.45) is 6.71. The fourth-order valence-corrected chi connectivity index (χ4v) is 5.87. The minimum absolute atomic E-state index is 0.00801. The molecule has 0 spiro atoms. The lowest BCUT2D eigenvalue weighted by atomic mass is 9.75. The molecule has 1 saturated carbocycles. The first-order chi connectivity index (χ1) is 15.2. The molecule has 2 unspecified atom stereocenters. The van der Waals surface area contributed by atoms with Crippen LogP contribution < -0.4 is 5.32 Å². The molecule has 1 heterocycles. The third-order valence-corrected chi connectivity index (χ3v) is 7.67. The second kappa shape index (κ2) is 11.0. The fourth-order valence-electron chi connectivity index (χ4n) is 5.65. The van der Waals surface area contributed by atoms with Crippen molar-refractivity contribution in [3.8, 4) is 0 Å². The maximum absolute atomic E-state index is 12.6. The number of benzene rings is 1. The molecule has 5 nitrogen and oxygen atoms in total. The minimum Gasteiger partial charge on any atom is -0.353 e. The van der Waals surface area contributed by atoms with Crippen LogP contribution in [0.25, 0.3) is 0 Å². The van der Waals surface area contributed by atoms with Gasteiger partial charge < -0.3 is 15.1 Å². The Morgan fingerprint density at radius 3 is 2.38 bits per heavy atom. The number of likely N-dealkylation sites (N-methyl/N-ethyl adjacent to an activating group) is 1. The van der Waals surface area contributed by atoms with Crippen molar-refractivity contribution >= 4 is 23.4 Å². The highest BCUT2D eigenvalue weighted by Gasteiger charge is 2.37. The molecule has 2 atom stereocenters. The van der Waals surface area contributed by atoms with E-state index in [0.29, 0.717) is 18.3 Å². The molecule has 3 rings (SSSR count). The van der Waals surface area contributed by atoms with Crippen LogP contribution in [-0.4, -0.2) is 60.4 Å². The first kappa shape index (κ1) is 25.0. The van der Waals surface area contributed by atoms with Crippen LogP contribution in [0, 0.1) is 11.8 Å². The van der Waals surface area contributed by atoms with Crippen LogP contribution in [0.5, 0.6) is 0 Å². The van der Waals surface area contributed by atoms with E-state index in [-0.39, 0.29) is 29.8 Å². The van der Waals surface area contributed by atoms with E-state index >= 15 is 0 Å². The molecule has 2 fully saturated rings. The number of carbonyl (C=O) groups is 2. The zero-order chi connectivity index (χ0) is 23.3. The Labute approximate surface area is 198 Å². The zero-order valence-corrected chi connectivity index (χ0v) is 21.0. The predicted molar refractivity (Wildman–Crippen MR) is 131 cm³/mol. The second-order valence-corrected chi connectivity index (χ2v) is 10.9. The van der Waals surface area contributed by atoms with Crippen molar-refractivity contribution in [3.05, 3.63) is 34.9 Å². The number of nitrogens with one attached hydrogen (secondary N) is 1. The van der Waals surface area contributed by atoms with Crippen LogP contribution in [0.4, 0.5) is 0 Å². The van der Waals surface area contributed by atoms with E-state index < -0.39 is 0 Å². The van der Waals surface area contributed by atoms with Gasteiger partial charge in [0.1, 0.15) is 0 Å². The highest BCUT2D eigenvalue weighted by atomic mass is 35.5. The average Bonchev–Trinajstić information content (AvgIpc) is 2.72. The zero-order valence-electron chi connectivity index (χ0n) is 20.2. The minimum atomic E-state index is 0.00801. The van der Waals surface area contributed by atoms with Crippen molar-refractivity contribution in [2.24, 2.45) is 11.8 Å². The van der Waals surface area contributed by atoms with Gasteiger partial charge in [-0.3, -0.25) is 9.59 Å². The van der Waals surface area contributed by atoms with Crippen LogP contribution >= 0.6 is 11.6 Å². The number of hydrogen-bond donors (Lipinski definition) is 1. The monoisotopic (exact) mass is 461 g/mol. The number of hydrogen-bond acceptors (Lipinski definition) is 3. The number of halogens is 1. The van der Waals surface area contributed by atoms with Gasteiger partial charge in [0.05, 0.1) is 0 Å². The summed E-state index contributed by atoms with van der Waals surface area (Å²) >= 11 is 6.20. The first-order valence-electron chi connectivity index (χ1n) is 12.2. The number of amides is 2. The van der Waals surface area contributed by atoms with E-state index in [1.54, 1.807) is 0 Å². The summed E-state index contributed by atoms with van der Waals surface area (Å²) in [7, 11) is 4.30. The summed E-state index contributed by atoms with van der Waals surface area (Å²) in [5, 5.41) is 3.97. The Bertz CT molecular complexity index is 779. The quantitative estimate of drug-likeness (QED) is 0.649. The van der Waals surface area contributed by atoms with Crippen molar-refractivity contribution in [1.82, 2.24) is 15.1 Å². The van der Waals surface area contributed by atoms with Gasteiger partial charge in [0, 0.05) is 42.5 Å². The summed E-state index contributed by atoms with van der Waals surface area (Å²) in [5.74, 6) is 1.22. The lowest BCUT2D eigenvalue weighted by Crippen LogP contribution is -2.52. The molecule has 1 aliphatic heterocycles. The molecule has 1 N–H and O–H groups in total. The van der Waals surface area contributed by atoms with E-state index in [4.69, 9.17) is 11.6 Å². The maximum Gasteiger partial charge on any atom is 0.223 e. The van der Waals surface area contributed by atoms with Crippen molar-refractivity contribution in [2.45, 2.75) is 76.8 Å². The van der Waals surface area contributed by atoms with E-state index in [0.717, 1.165) is 50.2 Å². The smallest absolute Gasteiger partial charge is 0.223 e. The topological polar surface area (TPSA) is 52.7 Å². The summed E-state index contributed by atoms with van der Waals surface area (Å²) in [6.45, 7) is 6.05. The number of piperidine rings is 1. The van der Waals surface area contributed by atoms with Gasteiger partial charge in [-0.2, -0.15) is 0 Å². The molecule has 0 aromatic heterocycles. The number of nitrogens with zero attached hydrogens (tertiary/aromatic N) is 2. The van der Waals surface area contributed by atoms with Gasteiger partial charge in [-0.1, -0.05) is 37.6 Å². The molecule has 0 bridgehead atoms. The molecule has 1 saturated heterocycles. The normalized spacial score (nSPS) is 28.6.